The highest BCUT2D eigenvalue weighted by Crippen LogP contribution is 2.18. The van der Waals surface area contributed by atoms with Gasteiger partial charge in [0.15, 0.2) is 5.78 Å². The van der Waals surface area contributed by atoms with Crippen molar-refractivity contribution < 1.29 is 19.2 Å². The van der Waals surface area contributed by atoms with E-state index in [1.54, 1.807) is 18.3 Å². The van der Waals surface area contributed by atoms with Gasteiger partial charge in [0, 0.05) is 17.3 Å². The molecule has 1 aliphatic carbocycles. The van der Waals surface area contributed by atoms with Gasteiger partial charge in [-0.05, 0) is 42.5 Å². The van der Waals surface area contributed by atoms with E-state index in [1.165, 1.54) is 0 Å². The molecule has 0 radical (unpaired) electrons. The summed E-state index contributed by atoms with van der Waals surface area (Å²) >= 11 is 0. The molecule has 2 aromatic rings. The van der Waals surface area contributed by atoms with Crippen LogP contribution in [-0.2, 0) is 25.6 Å². The number of benzene rings is 1. The van der Waals surface area contributed by atoms with E-state index in [-0.39, 0.29) is 43.0 Å². The lowest BCUT2D eigenvalue weighted by molar-refractivity contribution is -0.129. The van der Waals surface area contributed by atoms with Crippen LogP contribution in [0.2, 0.25) is 0 Å². The molecule has 0 fully saturated rings. The highest BCUT2D eigenvalue weighted by molar-refractivity contribution is 5.98. The second-order valence-electron chi connectivity index (χ2n) is 9.11. The van der Waals surface area contributed by atoms with Crippen LogP contribution in [0.5, 0.6) is 0 Å². The third-order valence-electron chi connectivity index (χ3n) is 5.59. The Labute approximate surface area is 211 Å². The summed E-state index contributed by atoms with van der Waals surface area (Å²) in [5.74, 6) is -1.17. The number of aromatic nitrogens is 1. The molecule has 3 amide bonds. The number of hydrogen-bond acceptors (Lipinski definition) is 5. The maximum Gasteiger partial charge on any atom is 0.248 e. The summed E-state index contributed by atoms with van der Waals surface area (Å²) in [6.45, 7) is 3.48. The van der Waals surface area contributed by atoms with Crippen LogP contribution in [0, 0.1) is 5.92 Å². The number of ketones is 1. The molecular formula is C28H32N4O4. The number of Topliss-reactive ketones (excluding diaryl/α,β-unsaturated/α-hetero) is 1. The summed E-state index contributed by atoms with van der Waals surface area (Å²) in [6.07, 6.45) is 8.21. The maximum atomic E-state index is 12.7. The molecule has 1 heterocycles. The molecular weight excluding hydrogens is 456 g/mol. The van der Waals surface area contributed by atoms with Crippen molar-refractivity contribution in [3.05, 3.63) is 78.0 Å². The summed E-state index contributed by atoms with van der Waals surface area (Å²) in [6, 6.07) is 12.4. The molecule has 0 aliphatic heterocycles. The quantitative estimate of drug-likeness (QED) is 0.424. The van der Waals surface area contributed by atoms with Crippen LogP contribution < -0.4 is 16.0 Å². The maximum absolute atomic E-state index is 12.7. The molecule has 3 rings (SSSR count). The van der Waals surface area contributed by atoms with E-state index in [4.69, 9.17) is 0 Å². The lowest BCUT2D eigenvalue weighted by Gasteiger charge is -2.20. The molecule has 36 heavy (non-hydrogen) atoms. The number of nitrogens with one attached hydrogen (secondary N) is 3. The van der Waals surface area contributed by atoms with Crippen molar-refractivity contribution in [1.29, 1.82) is 0 Å². The van der Waals surface area contributed by atoms with Gasteiger partial charge in [-0.1, -0.05) is 56.3 Å². The van der Waals surface area contributed by atoms with Crippen molar-refractivity contribution in [3.63, 3.8) is 0 Å². The normalized spacial score (nSPS) is 13.1. The van der Waals surface area contributed by atoms with E-state index < -0.39 is 11.9 Å². The predicted molar refractivity (Wildman–Crippen MR) is 138 cm³/mol. The smallest absolute Gasteiger partial charge is 0.248 e. The fourth-order valence-electron chi connectivity index (χ4n) is 3.76. The molecule has 8 nitrogen and oxygen atoms in total. The zero-order valence-electron chi connectivity index (χ0n) is 20.6. The summed E-state index contributed by atoms with van der Waals surface area (Å²) in [4.78, 5) is 54.0. The molecule has 8 heteroatoms. The Bertz CT molecular complexity index is 1160. The molecule has 0 saturated carbocycles. The average Bonchev–Trinajstić information content (AvgIpc) is 3.41. The van der Waals surface area contributed by atoms with Gasteiger partial charge in [0.25, 0.3) is 0 Å². The second kappa shape index (κ2) is 13.1. The van der Waals surface area contributed by atoms with Gasteiger partial charge < -0.3 is 16.0 Å². The van der Waals surface area contributed by atoms with E-state index in [9.17, 15) is 19.2 Å². The Morgan fingerprint density at radius 1 is 1.00 bits per heavy atom. The molecule has 0 saturated heterocycles. The van der Waals surface area contributed by atoms with Crippen molar-refractivity contribution in [1.82, 2.24) is 20.9 Å². The first kappa shape index (κ1) is 26.5. The first-order chi connectivity index (χ1) is 17.3. The number of allylic oxidation sites excluding steroid dienone is 3. The topological polar surface area (TPSA) is 117 Å². The van der Waals surface area contributed by atoms with Crippen LogP contribution >= 0.6 is 0 Å². The van der Waals surface area contributed by atoms with E-state index in [0.29, 0.717) is 18.4 Å². The van der Waals surface area contributed by atoms with Crippen LogP contribution in [0.3, 0.4) is 0 Å². The zero-order valence-corrected chi connectivity index (χ0v) is 20.6. The minimum Gasteiger partial charge on any atom is -0.349 e. The van der Waals surface area contributed by atoms with Crippen LogP contribution in [0.1, 0.15) is 32.3 Å². The summed E-state index contributed by atoms with van der Waals surface area (Å²) in [7, 11) is 0. The molecule has 0 unspecified atom stereocenters. The Hall–Kier alpha value is -4.07. The van der Waals surface area contributed by atoms with Gasteiger partial charge in [-0.15, -0.1) is 0 Å². The number of hydrogen-bond donors (Lipinski definition) is 3. The first-order valence-corrected chi connectivity index (χ1v) is 12.0. The van der Waals surface area contributed by atoms with Crippen molar-refractivity contribution in [2.45, 2.75) is 39.2 Å². The van der Waals surface area contributed by atoms with Crippen LogP contribution in [0.15, 0.2) is 72.5 Å². The number of rotatable bonds is 12. The van der Waals surface area contributed by atoms with E-state index in [0.717, 1.165) is 16.8 Å². The molecule has 0 spiro atoms. The average molecular weight is 489 g/mol. The molecule has 1 aliphatic rings. The Morgan fingerprint density at radius 3 is 2.50 bits per heavy atom. The fourth-order valence-corrected chi connectivity index (χ4v) is 3.76. The first-order valence-electron chi connectivity index (χ1n) is 12.0. The van der Waals surface area contributed by atoms with Crippen molar-refractivity contribution in [3.8, 4) is 11.3 Å². The number of carbonyl (C=O) groups is 4. The van der Waals surface area contributed by atoms with Crippen molar-refractivity contribution in [2.75, 3.05) is 13.1 Å². The number of pyridine rings is 1. The standard InChI is InChI=1S/C28H32N4O4/c1-19(2)14-25(32-27(35)21-9-3-4-10-21)28(36)31-18-23(33)17-30-26(34)16-20-8-7-11-22(15-20)24-12-5-6-13-29-24/h3-9,11-13,15,19,25H,10,14,16-18H2,1-2H3,(H,30,34)(H,31,36)(H,32,35)/t25-/m0/s1. The largest absolute Gasteiger partial charge is 0.349 e. The van der Waals surface area contributed by atoms with Crippen molar-refractivity contribution >= 4 is 23.5 Å². The highest BCUT2D eigenvalue weighted by Gasteiger charge is 2.24. The van der Waals surface area contributed by atoms with E-state index in [1.807, 2.05) is 62.4 Å². The van der Waals surface area contributed by atoms with Gasteiger partial charge in [0.05, 0.1) is 25.2 Å². The van der Waals surface area contributed by atoms with E-state index >= 15 is 0 Å². The molecule has 1 atom stereocenters. The Kier molecular flexibility index (Phi) is 9.68. The minimum atomic E-state index is -0.743. The molecule has 0 bridgehead atoms. The molecule has 188 valence electrons. The third kappa shape index (κ3) is 8.30. The van der Waals surface area contributed by atoms with Gasteiger partial charge in [-0.2, -0.15) is 0 Å². The van der Waals surface area contributed by atoms with Crippen LogP contribution in [0.4, 0.5) is 0 Å². The summed E-state index contributed by atoms with van der Waals surface area (Å²) < 4.78 is 0. The predicted octanol–water partition coefficient (Wildman–Crippen LogP) is 2.51. The number of carbonyl (C=O) groups excluding carboxylic acids is 4. The van der Waals surface area contributed by atoms with Gasteiger partial charge >= 0.3 is 0 Å². The zero-order chi connectivity index (χ0) is 25.9. The van der Waals surface area contributed by atoms with Crippen molar-refractivity contribution in [2.24, 2.45) is 5.92 Å². The monoisotopic (exact) mass is 488 g/mol. The minimum absolute atomic E-state index is 0.119. The second-order valence-corrected chi connectivity index (χ2v) is 9.11. The van der Waals surface area contributed by atoms with E-state index in [2.05, 4.69) is 20.9 Å². The van der Waals surface area contributed by atoms with Crippen LogP contribution in [-0.4, -0.2) is 47.6 Å². The highest BCUT2D eigenvalue weighted by atomic mass is 16.2. The van der Waals surface area contributed by atoms with Gasteiger partial charge in [-0.25, -0.2) is 0 Å². The van der Waals surface area contributed by atoms with Gasteiger partial charge in [0.2, 0.25) is 17.7 Å². The number of amides is 3. The van der Waals surface area contributed by atoms with Gasteiger partial charge in [-0.3, -0.25) is 24.2 Å². The number of nitrogens with zero attached hydrogens (tertiary/aromatic N) is 1. The SMILES string of the molecule is CC(C)C[C@H](NC(=O)C1=CC=CC1)C(=O)NCC(=O)CNC(=O)Cc1cccc(-c2ccccn2)c1. The summed E-state index contributed by atoms with van der Waals surface area (Å²) in [5, 5.41) is 7.95. The fraction of sp³-hybridized carbons (Fsp3) is 0.321. The molecule has 3 N–H and O–H groups in total. The lowest BCUT2D eigenvalue weighted by atomic mass is 10.0. The summed E-state index contributed by atoms with van der Waals surface area (Å²) in [5.41, 5.74) is 3.12. The molecule has 1 aromatic carbocycles. The Balaban J connectivity index is 1.44. The van der Waals surface area contributed by atoms with Crippen LogP contribution in [0.25, 0.3) is 11.3 Å². The molecule has 1 aromatic heterocycles. The third-order valence-corrected chi connectivity index (χ3v) is 5.59. The lowest BCUT2D eigenvalue weighted by Crippen LogP contribution is -2.49. The van der Waals surface area contributed by atoms with Gasteiger partial charge in [0.1, 0.15) is 6.04 Å². The Morgan fingerprint density at radius 2 is 1.81 bits per heavy atom.